The summed E-state index contributed by atoms with van der Waals surface area (Å²) in [5, 5.41) is 32.4. The van der Waals surface area contributed by atoms with Crippen molar-refractivity contribution in [1.29, 1.82) is 0 Å². The molecule has 0 fully saturated rings. The predicted octanol–water partition coefficient (Wildman–Crippen LogP) is 7.87. The number of unbranched alkanes of at least 4 members (excludes halogenated alkanes) is 11. The zero-order chi connectivity index (χ0) is 28.9. The number of hydrogen-bond donors (Lipinski definition) is 4. The SMILES string of the molecule is C=C(C)C(=O)O.C=C(C)C(=O)O.CC(C)CCCCCCCCCCCCCCC(=O)O.CC(C)O.[Ti]. The Labute approximate surface area is 241 Å². The fraction of sp³-hybridized carbons (Fsp3) is 0.759. The molecule has 0 aliphatic heterocycles. The first-order valence-electron chi connectivity index (χ1n) is 13.3. The molecule has 7 nitrogen and oxygen atoms in total. The van der Waals surface area contributed by atoms with E-state index in [2.05, 4.69) is 27.0 Å². The van der Waals surface area contributed by atoms with Gasteiger partial charge in [0.1, 0.15) is 0 Å². The van der Waals surface area contributed by atoms with Crippen molar-refractivity contribution in [3.05, 3.63) is 24.3 Å². The molecule has 8 heteroatoms. The van der Waals surface area contributed by atoms with Gasteiger partial charge in [0, 0.05) is 45.4 Å². The van der Waals surface area contributed by atoms with Crippen molar-refractivity contribution < 1.29 is 56.5 Å². The van der Waals surface area contributed by atoms with E-state index in [0.29, 0.717) is 6.42 Å². The molecule has 0 radical (unpaired) electrons. The van der Waals surface area contributed by atoms with Crippen LogP contribution >= 0.6 is 0 Å². The van der Waals surface area contributed by atoms with Crippen molar-refractivity contribution >= 4 is 17.9 Å². The Balaban J connectivity index is -0.000000163. The second kappa shape index (κ2) is 34.6. The van der Waals surface area contributed by atoms with Crippen LogP contribution in [0.15, 0.2) is 24.3 Å². The molecule has 0 saturated heterocycles. The van der Waals surface area contributed by atoms with E-state index in [-0.39, 0.29) is 39.0 Å². The topological polar surface area (TPSA) is 132 Å². The van der Waals surface area contributed by atoms with Gasteiger partial charge in [0.2, 0.25) is 0 Å². The minimum atomic E-state index is -0.935. The zero-order valence-electron chi connectivity index (χ0n) is 24.5. The maximum Gasteiger partial charge on any atom is 0.330 e. The Morgan fingerprint density at radius 2 is 0.811 bits per heavy atom. The summed E-state index contributed by atoms with van der Waals surface area (Å²) in [7, 11) is 0. The Hall–Kier alpha value is -1.44. The van der Waals surface area contributed by atoms with Crippen LogP contribution in [0, 0.1) is 5.92 Å². The van der Waals surface area contributed by atoms with Crippen LogP contribution in [0.1, 0.15) is 131 Å². The van der Waals surface area contributed by atoms with E-state index in [9.17, 15) is 14.4 Å². The fourth-order valence-electron chi connectivity index (χ4n) is 2.60. The summed E-state index contributed by atoms with van der Waals surface area (Å²) in [5.74, 6) is -1.66. The largest absolute Gasteiger partial charge is 0.481 e. The Bertz CT molecular complexity index is 522. The monoisotopic (exact) mass is 564 g/mol. The van der Waals surface area contributed by atoms with Crippen molar-refractivity contribution in [3.63, 3.8) is 0 Å². The van der Waals surface area contributed by atoms with Crippen molar-refractivity contribution in [2.45, 2.75) is 138 Å². The summed E-state index contributed by atoms with van der Waals surface area (Å²) in [6.45, 7) is 17.3. The summed E-state index contributed by atoms with van der Waals surface area (Å²) in [5.41, 5.74) is 0.352. The third kappa shape index (κ3) is 66.0. The van der Waals surface area contributed by atoms with Crippen LogP contribution in [0.5, 0.6) is 0 Å². The van der Waals surface area contributed by atoms with Crippen LogP contribution in [0.2, 0.25) is 0 Å². The molecule has 0 atom stereocenters. The maximum atomic E-state index is 10.3. The Morgan fingerprint density at radius 1 is 0.595 bits per heavy atom. The normalized spacial score (nSPS) is 9.43. The molecule has 0 heterocycles. The van der Waals surface area contributed by atoms with E-state index in [1.165, 1.54) is 84.5 Å². The first kappa shape index (κ1) is 45.5. The predicted molar refractivity (Wildman–Crippen MR) is 149 cm³/mol. The minimum absolute atomic E-state index is 0. The molecule has 218 valence electrons. The van der Waals surface area contributed by atoms with Crippen LogP contribution < -0.4 is 0 Å². The van der Waals surface area contributed by atoms with Gasteiger partial charge >= 0.3 is 17.9 Å². The molecule has 0 rings (SSSR count). The molecule has 0 bridgehead atoms. The van der Waals surface area contributed by atoms with Gasteiger partial charge in [-0.2, -0.15) is 0 Å². The van der Waals surface area contributed by atoms with Gasteiger partial charge in [-0.25, -0.2) is 9.59 Å². The van der Waals surface area contributed by atoms with Crippen molar-refractivity contribution in [3.8, 4) is 0 Å². The van der Waals surface area contributed by atoms with Crippen molar-refractivity contribution in [2.24, 2.45) is 5.92 Å². The van der Waals surface area contributed by atoms with Gasteiger partial charge in [-0.3, -0.25) is 4.79 Å². The number of rotatable bonds is 17. The number of carboxylic acids is 3. The van der Waals surface area contributed by atoms with Gasteiger partial charge in [0.15, 0.2) is 0 Å². The number of carboxylic acid groups (broad SMARTS) is 3. The van der Waals surface area contributed by atoms with E-state index in [0.717, 1.165) is 18.8 Å². The molecule has 0 aromatic carbocycles. The van der Waals surface area contributed by atoms with Gasteiger partial charge in [-0.15, -0.1) is 0 Å². The average Bonchev–Trinajstić information content (AvgIpc) is 2.74. The number of carbonyl (C=O) groups is 3. The summed E-state index contributed by atoms with van der Waals surface area (Å²) in [6, 6.07) is 0. The smallest absolute Gasteiger partial charge is 0.330 e. The third-order valence-electron chi connectivity index (χ3n) is 4.65. The second-order valence-electron chi connectivity index (χ2n) is 9.83. The summed E-state index contributed by atoms with van der Waals surface area (Å²) in [4.78, 5) is 29.5. The molecular weight excluding hydrogens is 508 g/mol. The van der Waals surface area contributed by atoms with Crippen LogP contribution in [0.25, 0.3) is 0 Å². The molecular formula is C29H56O7Ti. The number of aliphatic hydroxyl groups excluding tert-OH is 1. The van der Waals surface area contributed by atoms with Crippen LogP contribution in [0.4, 0.5) is 0 Å². The molecule has 0 unspecified atom stereocenters. The third-order valence-corrected chi connectivity index (χ3v) is 4.65. The van der Waals surface area contributed by atoms with Gasteiger partial charge in [-0.05, 0) is 40.0 Å². The van der Waals surface area contributed by atoms with E-state index in [1.807, 2.05) is 0 Å². The molecule has 0 aromatic rings. The van der Waals surface area contributed by atoms with E-state index < -0.39 is 17.9 Å². The van der Waals surface area contributed by atoms with Crippen LogP contribution in [-0.2, 0) is 36.1 Å². The van der Waals surface area contributed by atoms with Gasteiger partial charge in [-0.1, -0.05) is 104 Å². The molecule has 0 aliphatic carbocycles. The molecule has 0 aromatic heterocycles. The zero-order valence-corrected chi connectivity index (χ0v) is 26.0. The van der Waals surface area contributed by atoms with E-state index >= 15 is 0 Å². The van der Waals surface area contributed by atoms with Crippen molar-refractivity contribution in [1.82, 2.24) is 0 Å². The molecule has 0 aliphatic rings. The quantitative estimate of drug-likeness (QED) is 0.0803. The Morgan fingerprint density at radius 3 is 1.00 bits per heavy atom. The van der Waals surface area contributed by atoms with E-state index in [4.69, 9.17) is 20.4 Å². The second-order valence-corrected chi connectivity index (χ2v) is 9.83. The maximum absolute atomic E-state index is 10.3. The summed E-state index contributed by atoms with van der Waals surface area (Å²) in [6.07, 6.45) is 17.2. The molecule has 4 N–H and O–H groups in total. The van der Waals surface area contributed by atoms with Crippen LogP contribution in [0.3, 0.4) is 0 Å². The number of aliphatic hydroxyl groups is 1. The fourth-order valence-corrected chi connectivity index (χ4v) is 2.60. The van der Waals surface area contributed by atoms with Crippen molar-refractivity contribution in [2.75, 3.05) is 0 Å². The Kier molecular flexibility index (Phi) is 42.5. The number of aliphatic carboxylic acids is 3. The summed E-state index contributed by atoms with van der Waals surface area (Å²) < 4.78 is 0. The van der Waals surface area contributed by atoms with Gasteiger partial charge in [0.05, 0.1) is 0 Å². The first-order chi connectivity index (χ1) is 16.6. The first-order valence-corrected chi connectivity index (χ1v) is 13.3. The molecule has 37 heavy (non-hydrogen) atoms. The molecule has 0 spiro atoms. The average molecular weight is 565 g/mol. The number of hydrogen-bond acceptors (Lipinski definition) is 4. The van der Waals surface area contributed by atoms with Gasteiger partial charge < -0.3 is 20.4 Å². The minimum Gasteiger partial charge on any atom is -0.481 e. The molecule has 0 saturated carbocycles. The van der Waals surface area contributed by atoms with Crippen LogP contribution in [-0.4, -0.2) is 44.4 Å². The molecule has 0 amide bonds. The summed E-state index contributed by atoms with van der Waals surface area (Å²) >= 11 is 0. The van der Waals surface area contributed by atoms with Gasteiger partial charge in [0.25, 0.3) is 0 Å². The standard InChI is InChI=1S/C18H36O2.2C4H6O2.C3H8O.Ti/c1-17(2)15-13-11-9-7-5-3-4-6-8-10-12-14-16-18(19)20;2*1-3(2)4(5)6;1-3(2)4;/h17H,3-16H2,1-2H3,(H,19,20);2*1H2,2H3,(H,5,6);3-4H,1-2H3;. The van der Waals surface area contributed by atoms with E-state index in [1.54, 1.807) is 13.8 Å².